The Bertz CT molecular complexity index is 2790. The predicted molar refractivity (Wildman–Crippen MR) is 201 cm³/mol. The van der Waals surface area contributed by atoms with Crippen LogP contribution in [-0.4, -0.2) is 0 Å². The Balaban J connectivity index is 1.20. The first-order valence-corrected chi connectivity index (χ1v) is 17.0. The average Bonchev–Trinajstić information content (AvgIpc) is 3.71. The van der Waals surface area contributed by atoms with Crippen molar-refractivity contribution >= 4 is 93.4 Å². The summed E-state index contributed by atoms with van der Waals surface area (Å²) in [5, 5.41) is 10.00. The quantitative estimate of drug-likeness (QED) is 0.195. The summed E-state index contributed by atoms with van der Waals surface area (Å²) in [5.41, 5.74) is 6.65. The number of anilines is 3. The van der Waals surface area contributed by atoms with Crippen LogP contribution < -0.4 is 15.3 Å². The minimum atomic E-state index is 0.297. The van der Waals surface area contributed by atoms with Gasteiger partial charge in [0, 0.05) is 43.5 Å². The molecule has 222 valence electrons. The van der Waals surface area contributed by atoms with Gasteiger partial charge in [-0.1, -0.05) is 115 Å². The molecule has 9 aromatic rings. The van der Waals surface area contributed by atoms with Gasteiger partial charge in [0.15, 0.2) is 0 Å². The molecule has 0 saturated heterocycles. The van der Waals surface area contributed by atoms with Crippen LogP contribution >= 0.6 is 11.3 Å². The van der Waals surface area contributed by atoms with Crippen molar-refractivity contribution in [3.05, 3.63) is 162 Å². The fraction of sp³-hybridized carbons (Fsp3) is 0.0455. The highest BCUT2D eigenvalue weighted by molar-refractivity contribution is 7.26. The minimum Gasteiger partial charge on any atom is -0.455 e. The Hall–Kier alpha value is -5.64. The van der Waals surface area contributed by atoms with Crippen molar-refractivity contribution in [2.24, 2.45) is 0 Å². The molecule has 0 radical (unpaired) electrons. The molecule has 2 nitrogen and oxygen atoms in total. The van der Waals surface area contributed by atoms with Crippen LogP contribution in [0.5, 0.6) is 0 Å². The first-order chi connectivity index (χ1) is 23.3. The maximum atomic E-state index is 6.61. The van der Waals surface area contributed by atoms with Gasteiger partial charge in [-0.05, 0) is 75.7 Å². The highest BCUT2D eigenvalue weighted by Crippen LogP contribution is 2.49. The maximum Gasteiger partial charge on any atom is 0.144 e. The smallest absolute Gasteiger partial charge is 0.144 e. The number of hydrogen-bond donors (Lipinski definition) is 0. The summed E-state index contributed by atoms with van der Waals surface area (Å²) in [7, 11) is 0. The Labute approximate surface area is 275 Å². The van der Waals surface area contributed by atoms with Crippen LogP contribution in [0.2, 0.25) is 0 Å². The van der Waals surface area contributed by atoms with Crippen LogP contribution in [0, 0.1) is 0 Å². The summed E-state index contributed by atoms with van der Waals surface area (Å²) in [6.45, 7) is 0. The van der Waals surface area contributed by atoms with Crippen LogP contribution in [0.25, 0.3) is 65.0 Å². The first-order valence-electron chi connectivity index (χ1n) is 16.2. The van der Waals surface area contributed by atoms with Crippen LogP contribution in [-0.2, 0) is 0 Å². The Morgan fingerprint density at radius 3 is 2.30 bits per heavy atom. The van der Waals surface area contributed by atoms with E-state index in [4.69, 9.17) is 4.42 Å². The average molecular weight is 620 g/mol. The molecule has 0 spiro atoms. The van der Waals surface area contributed by atoms with Gasteiger partial charge in [-0.2, -0.15) is 0 Å². The van der Waals surface area contributed by atoms with E-state index in [2.05, 4.69) is 163 Å². The molecule has 0 aliphatic heterocycles. The van der Waals surface area contributed by atoms with Gasteiger partial charge in [-0.3, -0.25) is 0 Å². The lowest BCUT2D eigenvalue weighted by molar-refractivity contribution is 0.673. The van der Waals surface area contributed by atoms with E-state index >= 15 is 0 Å². The van der Waals surface area contributed by atoms with E-state index in [9.17, 15) is 0 Å². The van der Waals surface area contributed by atoms with Crippen molar-refractivity contribution in [2.45, 2.75) is 12.3 Å². The molecule has 2 heterocycles. The molecule has 0 N–H and O–H groups in total. The van der Waals surface area contributed by atoms with Gasteiger partial charge in [-0.25, -0.2) is 0 Å². The van der Waals surface area contributed by atoms with E-state index in [1.165, 1.54) is 52.6 Å². The minimum absolute atomic E-state index is 0.297. The van der Waals surface area contributed by atoms with Crippen LogP contribution in [0.3, 0.4) is 0 Å². The van der Waals surface area contributed by atoms with Crippen molar-refractivity contribution in [1.82, 2.24) is 0 Å². The molecule has 1 aliphatic rings. The third-order valence-electron chi connectivity index (χ3n) is 9.74. The molecule has 10 rings (SSSR count). The number of para-hydroxylation sites is 2. The lowest BCUT2D eigenvalue weighted by atomic mass is 9.89. The van der Waals surface area contributed by atoms with Gasteiger partial charge in [0.1, 0.15) is 11.2 Å². The zero-order chi connectivity index (χ0) is 30.9. The maximum absolute atomic E-state index is 6.61. The number of thiophene rings is 1. The number of furan rings is 1. The molecular formula is C44H29NOS. The number of benzene rings is 7. The van der Waals surface area contributed by atoms with E-state index in [1.807, 2.05) is 11.3 Å². The van der Waals surface area contributed by atoms with Crippen molar-refractivity contribution in [1.29, 1.82) is 0 Å². The monoisotopic (exact) mass is 619 g/mol. The number of nitrogens with zero attached hydrogens (tertiary/aromatic N) is 1. The van der Waals surface area contributed by atoms with Crippen molar-refractivity contribution in [2.75, 3.05) is 4.90 Å². The number of rotatable bonds is 4. The molecule has 3 heteroatoms. The molecule has 1 aliphatic carbocycles. The standard InChI is InChI=1S/C44H29NOS/c1-2-13-32(14-3-1)45(33-15-10-12-29(26-33)30-23-24-35-31(25-30)22-21-28-11-4-5-16-34(28)35)39-27-38-36-17-6-8-19-40(36)46-43(38)42-37-18-7-9-20-41(37)47-44(39)42/h1-22,24-27,30H,23H2. The predicted octanol–water partition coefficient (Wildman–Crippen LogP) is 11.3. The summed E-state index contributed by atoms with van der Waals surface area (Å²) in [6.07, 6.45) is 5.87. The summed E-state index contributed by atoms with van der Waals surface area (Å²) in [4.78, 5) is 2.44. The van der Waals surface area contributed by atoms with E-state index in [-0.39, 0.29) is 0 Å². The zero-order valence-corrected chi connectivity index (χ0v) is 26.4. The Kier molecular flexibility index (Phi) is 5.91. The van der Waals surface area contributed by atoms with Gasteiger partial charge in [0.05, 0.1) is 10.4 Å². The molecule has 1 atom stereocenters. The van der Waals surface area contributed by atoms with E-state index in [1.54, 1.807) is 0 Å². The summed E-state index contributed by atoms with van der Waals surface area (Å²) in [6, 6.07) is 52.6. The molecule has 0 fully saturated rings. The summed E-state index contributed by atoms with van der Waals surface area (Å²) < 4.78 is 9.10. The highest BCUT2D eigenvalue weighted by atomic mass is 32.1. The van der Waals surface area contributed by atoms with Crippen LogP contribution in [0.15, 0.2) is 150 Å². The van der Waals surface area contributed by atoms with Crippen molar-refractivity contribution < 1.29 is 4.42 Å². The van der Waals surface area contributed by atoms with Gasteiger partial charge in [-0.15, -0.1) is 11.3 Å². The van der Waals surface area contributed by atoms with E-state index in [0.717, 1.165) is 39.7 Å². The fourth-order valence-electron chi connectivity index (χ4n) is 7.56. The van der Waals surface area contributed by atoms with Gasteiger partial charge in [0.25, 0.3) is 0 Å². The normalized spacial score (nSPS) is 14.4. The molecule has 2 aromatic heterocycles. The molecular weight excluding hydrogens is 591 g/mol. The Morgan fingerprint density at radius 1 is 0.617 bits per heavy atom. The fourth-order valence-corrected chi connectivity index (χ4v) is 8.77. The van der Waals surface area contributed by atoms with Gasteiger partial charge < -0.3 is 9.32 Å². The molecule has 0 bridgehead atoms. The lowest BCUT2D eigenvalue weighted by Gasteiger charge is -2.27. The molecule has 7 aromatic carbocycles. The van der Waals surface area contributed by atoms with E-state index in [0.29, 0.717) is 5.92 Å². The topological polar surface area (TPSA) is 16.4 Å². The van der Waals surface area contributed by atoms with Crippen molar-refractivity contribution in [3.8, 4) is 0 Å². The molecule has 0 saturated carbocycles. The zero-order valence-electron chi connectivity index (χ0n) is 25.6. The summed E-state index contributed by atoms with van der Waals surface area (Å²) >= 11 is 1.84. The summed E-state index contributed by atoms with van der Waals surface area (Å²) in [5.74, 6) is 0.297. The van der Waals surface area contributed by atoms with Crippen molar-refractivity contribution in [3.63, 3.8) is 0 Å². The van der Waals surface area contributed by atoms with E-state index < -0.39 is 0 Å². The van der Waals surface area contributed by atoms with Gasteiger partial charge in [0.2, 0.25) is 0 Å². The number of hydrogen-bond acceptors (Lipinski definition) is 3. The first kappa shape index (κ1) is 26.6. The lowest BCUT2D eigenvalue weighted by Crippen LogP contribution is -2.29. The second-order valence-corrected chi connectivity index (χ2v) is 13.5. The van der Waals surface area contributed by atoms with Gasteiger partial charge >= 0.3 is 0 Å². The third kappa shape index (κ3) is 4.17. The molecule has 1 unspecified atom stereocenters. The second kappa shape index (κ2) is 10.4. The van der Waals surface area contributed by atoms with Crippen LogP contribution in [0.1, 0.15) is 17.9 Å². The second-order valence-electron chi connectivity index (χ2n) is 12.4. The van der Waals surface area contributed by atoms with Crippen LogP contribution in [0.4, 0.5) is 17.1 Å². The number of fused-ring (bicyclic) bond motifs is 10. The molecule has 47 heavy (non-hydrogen) atoms. The third-order valence-corrected chi connectivity index (χ3v) is 10.9. The molecule has 0 amide bonds. The largest absolute Gasteiger partial charge is 0.455 e. The Morgan fingerprint density at radius 2 is 1.38 bits per heavy atom. The highest BCUT2D eigenvalue weighted by Gasteiger charge is 2.24. The SMILES string of the molecule is C1=c2ccc3ccccc3c2=CCC1c1cccc(N(c2ccccc2)c2cc3c4ccccc4oc3c3c2sc2ccccc23)c1.